The second-order valence-corrected chi connectivity index (χ2v) is 6.69. The molecule has 3 heterocycles. The summed E-state index contributed by atoms with van der Waals surface area (Å²) in [7, 11) is 0. The van der Waals surface area contributed by atoms with Gasteiger partial charge in [-0.3, -0.25) is 9.48 Å². The minimum absolute atomic E-state index is 0.210. The van der Waals surface area contributed by atoms with Gasteiger partial charge in [0.15, 0.2) is 5.76 Å². The number of aromatic nitrogens is 3. The molecule has 3 aromatic heterocycles. The van der Waals surface area contributed by atoms with Gasteiger partial charge in [-0.25, -0.2) is 0 Å². The van der Waals surface area contributed by atoms with Crippen LogP contribution in [0.5, 0.6) is 0 Å². The lowest BCUT2D eigenvalue weighted by Gasteiger charge is -2.24. The molecule has 0 fully saturated rings. The third-order valence-electron chi connectivity index (χ3n) is 3.68. The number of carbonyl (C=O) groups excluding carboxylic acids is 1. The summed E-state index contributed by atoms with van der Waals surface area (Å²) in [5.41, 5.74) is 0.218. The van der Waals surface area contributed by atoms with E-state index >= 15 is 0 Å². The van der Waals surface area contributed by atoms with Crippen molar-refractivity contribution in [2.24, 2.45) is 0 Å². The Balaban J connectivity index is 1.78. The zero-order valence-corrected chi connectivity index (χ0v) is 14.4. The number of hydrogen-bond acceptors (Lipinski definition) is 4. The van der Waals surface area contributed by atoms with E-state index < -0.39 is 0 Å². The third kappa shape index (κ3) is 3.63. The molecule has 3 aromatic rings. The molecule has 0 unspecified atom stereocenters. The monoisotopic (exact) mass is 337 g/mol. The third-order valence-corrected chi connectivity index (χ3v) is 3.68. The maximum Gasteiger partial charge on any atom is 0.292 e. The predicted octanol–water partition coefficient (Wildman–Crippen LogP) is 3.20. The van der Waals surface area contributed by atoms with Crippen LogP contribution >= 0.6 is 0 Å². The van der Waals surface area contributed by atoms with E-state index in [0.717, 1.165) is 0 Å². The van der Waals surface area contributed by atoms with Crippen molar-refractivity contribution in [2.45, 2.75) is 32.9 Å². The molecule has 0 atom stereocenters. The highest BCUT2D eigenvalue weighted by Crippen LogP contribution is 2.24. The number of furan rings is 1. The quantitative estimate of drug-likeness (QED) is 0.791. The summed E-state index contributed by atoms with van der Waals surface area (Å²) in [6, 6.07) is 8.95. The van der Waals surface area contributed by atoms with Crippen molar-refractivity contribution in [1.82, 2.24) is 14.3 Å². The Hall–Kier alpha value is -3.27. The van der Waals surface area contributed by atoms with Crippen LogP contribution in [0.4, 0.5) is 5.82 Å². The van der Waals surface area contributed by atoms with Crippen molar-refractivity contribution >= 4 is 11.7 Å². The fraction of sp³-hybridized carbons (Fsp3) is 0.278. The molecule has 0 aliphatic rings. The highest BCUT2D eigenvalue weighted by molar-refractivity contribution is 6.02. The Morgan fingerprint density at radius 2 is 2.20 bits per heavy atom. The molecular formula is C18H19N5O2. The number of anilines is 1. The fourth-order valence-corrected chi connectivity index (χ4v) is 2.49. The normalized spacial score (nSPS) is 11.3. The molecule has 0 saturated carbocycles. The summed E-state index contributed by atoms with van der Waals surface area (Å²) in [4.78, 5) is 12.5. The minimum Gasteiger partial charge on any atom is -0.454 e. The fourth-order valence-electron chi connectivity index (χ4n) is 2.49. The Kier molecular flexibility index (Phi) is 4.19. The molecule has 0 bridgehead atoms. The summed E-state index contributed by atoms with van der Waals surface area (Å²) in [5, 5.41) is 16.0. The number of nitrogens with one attached hydrogen (secondary N) is 1. The summed E-state index contributed by atoms with van der Waals surface area (Å²) in [6.45, 7) is 6.45. The van der Waals surface area contributed by atoms with Crippen LogP contribution in [0.25, 0.3) is 0 Å². The molecule has 25 heavy (non-hydrogen) atoms. The Morgan fingerprint density at radius 1 is 1.40 bits per heavy atom. The Labute approximate surface area is 145 Å². The second-order valence-electron chi connectivity index (χ2n) is 6.69. The largest absolute Gasteiger partial charge is 0.454 e. The van der Waals surface area contributed by atoms with Crippen LogP contribution in [0.2, 0.25) is 0 Å². The van der Waals surface area contributed by atoms with Gasteiger partial charge < -0.3 is 14.3 Å². The van der Waals surface area contributed by atoms with Crippen molar-refractivity contribution in [2.75, 3.05) is 5.32 Å². The highest BCUT2D eigenvalue weighted by Gasteiger charge is 2.20. The average molecular weight is 337 g/mol. The zero-order chi connectivity index (χ0) is 18.0. The van der Waals surface area contributed by atoms with Crippen LogP contribution in [-0.4, -0.2) is 20.3 Å². The number of hydrogen-bond donors (Lipinski definition) is 1. The number of nitriles is 1. The maximum atomic E-state index is 12.5. The first kappa shape index (κ1) is 16.6. The molecule has 0 saturated heterocycles. The van der Waals surface area contributed by atoms with Crippen molar-refractivity contribution in [3.63, 3.8) is 0 Å². The van der Waals surface area contributed by atoms with E-state index in [1.54, 1.807) is 35.3 Å². The predicted molar refractivity (Wildman–Crippen MR) is 92.1 cm³/mol. The van der Waals surface area contributed by atoms with Crippen molar-refractivity contribution in [3.05, 3.63) is 59.9 Å². The van der Waals surface area contributed by atoms with Gasteiger partial charge in [-0.05, 0) is 45.0 Å². The van der Waals surface area contributed by atoms with Gasteiger partial charge in [-0.2, -0.15) is 10.4 Å². The molecule has 0 aromatic carbocycles. The molecule has 128 valence electrons. The zero-order valence-electron chi connectivity index (χ0n) is 14.4. The van der Waals surface area contributed by atoms with Crippen LogP contribution in [0.3, 0.4) is 0 Å². The van der Waals surface area contributed by atoms with Gasteiger partial charge in [0.05, 0.1) is 12.1 Å². The van der Waals surface area contributed by atoms with Gasteiger partial charge in [0, 0.05) is 24.1 Å². The molecule has 1 N–H and O–H groups in total. The SMILES string of the molecule is CC(C)(C)n1cc(C#N)cc1NC(=O)c1ccc(Cn2cccn2)o1. The first-order chi connectivity index (χ1) is 11.9. The number of nitrogens with zero attached hydrogens (tertiary/aromatic N) is 4. The highest BCUT2D eigenvalue weighted by atomic mass is 16.4. The molecule has 0 aliphatic carbocycles. The van der Waals surface area contributed by atoms with Crippen molar-refractivity contribution in [3.8, 4) is 6.07 Å². The van der Waals surface area contributed by atoms with E-state index in [1.807, 2.05) is 37.6 Å². The van der Waals surface area contributed by atoms with Crippen LogP contribution in [-0.2, 0) is 12.1 Å². The van der Waals surface area contributed by atoms with Crippen LogP contribution in [0.15, 0.2) is 47.3 Å². The summed E-state index contributed by atoms with van der Waals surface area (Å²) in [6.07, 6.45) is 5.23. The van der Waals surface area contributed by atoms with Crippen molar-refractivity contribution < 1.29 is 9.21 Å². The topological polar surface area (TPSA) is 88.8 Å². The van der Waals surface area contributed by atoms with E-state index in [4.69, 9.17) is 9.68 Å². The van der Waals surface area contributed by atoms with E-state index in [1.165, 1.54) is 0 Å². The summed E-state index contributed by atoms with van der Waals surface area (Å²) >= 11 is 0. The smallest absolute Gasteiger partial charge is 0.292 e. The molecule has 7 heteroatoms. The van der Waals surface area contributed by atoms with Gasteiger partial charge in [0.2, 0.25) is 0 Å². The van der Waals surface area contributed by atoms with Gasteiger partial charge in [0.25, 0.3) is 5.91 Å². The van der Waals surface area contributed by atoms with Crippen LogP contribution in [0.1, 0.15) is 42.6 Å². The molecule has 1 amide bonds. The lowest BCUT2D eigenvalue weighted by molar-refractivity contribution is 0.0993. The average Bonchev–Trinajstić information content (AvgIpc) is 3.27. The lowest BCUT2D eigenvalue weighted by Crippen LogP contribution is -2.24. The summed E-state index contributed by atoms with van der Waals surface area (Å²) < 4.78 is 9.17. The van der Waals surface area contributed by atoms with Crippen LogP contribution in [0, 0.1) is 11.3 Å². The standard InChI is InChI=1S/C18H19N5O2/c1-18(2,3)23-11-13(10-19)9-16(23)21-17(24)15-6-5-14(25-15)12-22-8-4-7-20-22/h4-9,11H,12H2,1-3H3,(H,21,24). The van der Waals surface area contributed by atoms with E-state index in [2.05, 4.69) is 16.5 Å². The van der Waals surface area contributed by atoms with Crippen molar-refractivity contribution in [1.29, 1.82) is 5.26 Å². The number of rotatable bonds is 4. The van der Waals surface area contributed by atoms with E-state index in [9.17, 15) is 4.79 Å². The number of amides is 1. The molecular weight excluding hydrogens is 318 g/mol. The van der Waals surface area contributed by atoms with Crippen LogP contribution < -0.4 is 5.32 Å². The van der Waals surface area contributed by atoms with Gasteiger partial charge >= 0.3 is 0 Å². The second kappa shape index (κ2) is 6.32. The number of carbonyl (C=O) groups is 1. The molecule has 0 aliphatic heterocycles. The Bertz CT molecular complexity index is 920. The van der Waals surface area contributed by atoms with E-state index in [0.29, 0.717) is 23.7 Å². The molecule has 7 nitrogen and oxygen atoms in total. The molecule has 0 radical (unpaired) electrons. The lowest BCUT2D eigenvalue weighted by atomic mass is 10.1. The van der Waals surface area contributed by atoms with Gasteiger partial charge in [-0.1, -0.05) is 0 Å². The first-order valence-electron chi connectivity index (χ1n) is 7.87. The summed E-state index contributed by atoms with van der Waals surface area (Å²) in [5.74, 6) is 1.04. The maximum absolute atomic E-state index is 12.5. The first-order valence-corrected chi connectivity index (χ1v) is 7.87. The molecule has 0 spiro atoms. The Morgan fingerprint density at radius 3 is 2.84 bits per heavy atom. The minimum atomic E-state index is -0.361. The molecule has 3 rings (SSSR count). The van der Waals surface area contributed by atoms with E-state index in [-0.39, 0.29) is 17.2 Å². The van der Waals surface area contributed by atoms with Gasteiger partial charge in [0.1, 0.15) is 17.6 Å². The van der Waals surface area contributed by atoms with Gasteiger partial charge in [-0.15, -0.1) is 0 Å².